The summed E-state index contributed by atoms with van der Waals surface area (Å²) in [6.07, 6.45) is 0.925. The van der Waals surface area contributed by atoms with Crippen molar-refractivity contribution in [3.05, 3.63) is 35.4 Å². The molecule has 0 amide bonds. The molecule has 0 aliphatic rings. The summed E-state index contributed by atoms with van der Waals surface area (Å²) >= 11 is 0. The Morgan fingerprint density at radius 1 is 1.21 bits per heavy atom. The molecule has 19 heavy (non-hydrogen) atoms. The largest absolute Gasteiger partial charge is 0.413 e. The van der Waals surface area contributed by atoms with Gasteiger partial charge in [-0.3, -0.25) is 0 Å². The molecule has 0 aromatic heterocycles. The van der Waals surface area contributed by atoms with E-state index in [1.807, 2.05) is 6.92 Å². The first-order valence-corrected chi connectivity index (χ1v) is 10.00. The van der Waals surface area contributed by atoms with E-state index in [-0.39, 0.29) is 11.1 Å². The lowest BCUT2D eigenvalue weighted by molar-refractivity contribution is 0.276. The van der Waals surface area contributed by atoms with Crippen molar-refractivity contribution in [2.45, 2.75) is 64.9 Å². The highest BCUT2D eigenvalue weighted by molar-refractivity contribution is 6.74. The molecule has 1 unspecified atom stereocenters. The Morgan fingerprint density at radius 3 is 2.32 bits per heavy atom. The summed E-state index contributed by atoms with van der Waals surface area (Å²) in [5, 5.41) is 0.260. The molecule has 0 fully saturated rings. The highest BCUT2D eigenvalue weighted by Crippen LogP contribution is 2.37. The van der Waals surface area contributed by atoms with Crippen LogP contribution in [-0.4, -0.2) is 14.4 Å². The van der Waals surface area contributed by atoms with E-state index in [0.29, 0.717) is 6.61 Å². The van der Waals surface area contributed by atoms with Crippen LogP contribution in [0.3, 0.4) is 0 Å². The molecular weight excluding hydrogens is 250 g/mol. The second-order valence-corrected chi connectivity index (χ2v) is 11.9. The maximum atomic E-state index is 6.25. The van der Waals surface area contributed by atoms with Crippen molar-refractivity contribution in [3.8, 4) is 0 Å². The zero-order valence-electron chi connectivity index (χ0n) is 13.3. The Morgan fingerprint density at radius 2 is 1.79 bits per heavy atom. The summed E-state index contributed by atoms with van der Waals surface area (Å²) in [5.74, 6) is 0. The summed E-state index contributed by atoms with van der Waals surface area (Å²) in [6, 6.07) is 8.80. The van der Waals surface area contributed by atoms with Crippen molar-refractivity contribution in [1.29, 1.82) is 0 Å². The number of benzene rings is 1. The van der Waals surface area contributed by atoms with Gasteiger partial charge in [0.25, 0.3) is 0 Å². The zero-order chi connectivity index (χ0) is 14.7. The number of nitrogens with two attached hydrogens (primary N) is 1. The van der Waals surface area contributed by atoms with Gasteiger partial charge in [-0.1, -0.05) is 45.0 Å². The van der Waals surface area contributed by atoms with Gasteiger partial charge in [0, 0.05) is 6.04 Å². The van der Waals surface area contributed by atoms with Crippen LogP contribution in [-0.2, 0) is 17.5 Å². The Bertz CT molecular complexity index is 407. The molecule has 0 heterocycles. The van der Waals surface area contributed by atoms with Gasteiger partial charge >= 0.3 is 0 Å². The molecule has 1 rings (SSSR count). The standard InChI is InChI=1S/C16H29NOSi/c1-13(17)10-14-8-7-9-15(11-14)12-18-19(5,6)16(2,3)4/h7-9,11,13H,10,12,17H2,1-6H3. The molecule has 1 aromatic carbocycles. The van der Waals surface area contributed by atoms with Crippen molar-refractivity contribution >= 4 is 8.32 Å². The van der Waals surface area contributed by atoms with Crippen LogP contribution in [0.5, 0.6) is 0 Å². The van der Waals surface area contributed by atoms with E-state index in [9.17, 15) is 0 Å². The van der Waals surface area contributed by atoms with E-state index in [1.54, 1.807) is 0 Å². The number of hydrogen-bond donors (Lipinski definition) is 1. The van der Waals surface area contributed by atoms with Crippen LogP contribution in [0, 0.1) is 0 Å². The average Bonchev–Trinajstić information content (AvgIpc) is 2.24. The molecule has 0 aliphatic carbocycles. The van der Waals surface area contributed by atoms with Gasteiger partial charge in [0.15, 0.2) is 8.32 Å². The SMILES string of the molecule is CC(N)Cc1cccc(CO[Si](C)(C)C(C)(C)C)c1. The summed E-state index contributed by atoms with van der Waals surface area (Å²) in [5.41, 5.74) is 8.40. The summed E-state index contributed by atoms with van der Waals surface area (Å²) in [4.78, 5) is 0. The quantitative estimate of drug-likeness (QED) is 0.824. The minimum Gasteiger partial charge on any atom is -0.413 e. The minimum absolute atomic E-state index is 0.205. The fraction of sp³-hybridized carbons (Fsp3) is 0.625. The monoisotopic (exact) mass is 279 g/mol. The molecule has 0 radical (unpaired) electrons. The van der Waals surface area contributed by atoms with Gasteiger partial charge in [0.2, 0.25) is 0 Å². The lowest BCUT2D eigenvalue weighted by atomic mass is 10.1. The maximum Gasteiger partial charge on any atom is 0.192 e. The molecule has 1 atom stereocenters. The van der Waals surface area contributed by atoms with E-state index in [1.165, 1.54) is 11.1 Å². The summed E-state index contributed by atoms with van der Waals surface area (Å²) < 4.78 is 6.25. The summed E-state index contributed by atoms with van der Waals surface area (Å²) in [7, 11) is -1.66. The zero-order valence-corrected chi connectivity index (χ0v) is 14.3. The molecule has 0 saturated heterocycles. The molecule has 2 N–H and O–H groups in total. The third-order valence-electron chi connectivity index (χ3n) is 3.95. The van der Waals surface area contributed by atoms with E-state index >= 15 is 0 Å². The van der Waals surface area contributed by atoms with Crippen LogP contribution >= 0.6 is 0 Å². The van der Waals surface area contributed by atoms with Crippen LogP contribution in [0.25, 0.3) is 0 Å². The van der Waals surface area contributed by atoms with Crippen LogP contribution in [0.15, 0.2) is 24.3 Å². The van der Waals surface area contributed by atoms with Gasteiger partial charge < -0.3 is 10.2 Å². The second kappa shape index (κ2) is 6.20. The average molecular weight is 279 g/mol. The molecule has 0 aliphatic heterocycles. The fourth-order valence-electron chi connectivity index (χ4n) is 1.70. The lowest BCUT2D eigenvalue weighted by Gasteiger charge is -2.36. The molecule has 1 aromatic rings. The highest BCUT2D eigenvalue weighted by Gasteiger charge is 2.36. The van der Waals surface area contributed by atoms with Crippen molar-refractivity contribution in [3.63, 3.8) is 0 Å². The smallest absolute Gasteiger partial charge is 0.192 e. The summed E-state index contributed by atoms with van der Waals surface area (Å²) in [6.45, 7) is 14.1. The predicted octanol–water partition coefficient (Wildman–Crippen LogP) is 4.10. The van der Waals surface area contributed by atoms with Crippen molar-refractivity contribution in [2.75, 3.05) is 0 Å². The minimum atomic E-state index is -1.66. The topological polar surface area (TPSA) is 35.2 Å². The normalized spacial score (nSPS) is 14.5. The third-order valence-corrected chi connectivity index (χ3v) is 8.43. The fourth-order valence-corrected chi connectivity index (χ4v) is 2.66. The van der Waals surface area contributed by atoms with Crippen LogP contribution in [0.2, 0.25) is 18.1 Å². The third kappa shape index (κ3) is 5.09. The van der Waals surface area contributed by atoms with Crippen molar-refractivity contribution in [2.24, 2.45) is 5.73 Å². The van der Waals surface area contributed by atoms with Crippen LogP contribution in [0.1, 0.15) is 38.8 Å². The molecule has 2 nitrogen and oxygen atoms in total. The molecule has 3 heteroatoms. The highest BCUT2D eigenvalue weighted by atomic mass is 28.4. The molecular formula is C16H29NOSi. The van der Waals surface area contributed by atoms with Crippen molar-refractivity contribution in [1.82, 2.24) is 0 Å². The number of hydrogen-bond acceptors (Lipinski definition) is 2. The molecule has 0 bridgehead atoms. The van der Waals surface area contributed by atoms with E-state index in [0.717, 1.165) is 6.42 Å². The van der Waals surface area contributed by atoms with Crippen molar-refractivity contribution < 1.29 is 4.43 Å². The first-order chi connectivity index (χ1) is 8.62. The Hall–Kier alpha value is -0.643. The lowest BCUT2D eigenvalue weighted by Crippen LogP contribution is -2.40. The van der Waals surface area contributed by atoms with Gasteiger partial charge in [0.1, 0.15) is 0 Å². The van der Waals surface area contributed by atoms with Gasteiger partial charge in [-0.25, -0.2) is 0 Å². The Kier molecular flexibility index (Phi) is 5.36. The van der Waals surface area contributed by atoms with E-state index < -0.39 is 8.32 Å². The molecule has 108 valence electrons. The first kappa shape index (κ1) is 16.4. The maximum absolute atomic E-state index is 6.25. The number of rotatable bonds is 5. The Labute approximate surface area is 119 Å². The molecule has 0 saturated carbocycles. The van der Waals surface area contributed by atoms with Crippen LogP contribution in [0.4, 0.5) is 0 Å². The van der Waals surface area contributed by atoms with Crippen LogP contribution < -0.4 is 5.73 Å². The first-order valence-electron chi connectivity index (χ1n) is 7.09. The van der Waals surface area contributed by atoms with Gasteiger partial charge in [-0.05, 0) is 42.6 Å². The Balaban J connectivity index is 2.68. The van der Waals surface area contributed by atoms with E-state index in [2.05, 4.69) is 58.1 Å². The predicted molar refractivity (Wildman–Crippen MR) is 85.8 cm³/mol. The van der Waals surface area contributed by atoms with E-state index in [4.69, 9.17) is 10.2 Å². The van der Waals surface area contributed by atoms with Gasteiger partial charge in [0.05, 0.1) is 6.61 Å². The van der Waals surface area contributed by atoms with Gasteiger partial charge in [-0.2, -0.15) is 0 Å². The second-order valence-electron chi connectivity index (χ2n) is 7.05. The van der Waals surface area contributed by atoms with Gasteiger partial charge in [-0.15, -0.1) is 0 Å². The molecule has 0 spiro atoms.